The summed E-state index contributed by atoms with van der Waals surface area (Å²) >= 11 is 0. The first kappa shape index (κ1) is 21.3. The quantitative estimate of drug-likeness (QED) is 0.565. The Morgan fingerprint density at radius 3 is 2.83 bits per heavy atom. The van der Waals surface area contributed by atoms with Crippen LogP contribution in [0.25, 0.3) is 0 Å². The number of aliphatic imine (C=N–C) groups is 1. The third-order valence-electron chi connectivity index (χ3n) is 5.93. The number of carbonyl (C=O) groups excluding carboxylic acids is 1. The van der Waals surface area contributed by atoms with Gasteiger partial charge in [-0.2, -0.15) is 0 Å². The van der Waals surface area contributed by atoms with Gasteiger partial charge in [0.05, 0.1) is 12.8 Å². The summed E-state index contributed by atoms with van der Waals surface area (Å²) in [6.45, 7) is 5.52. The predicted octanol–water partition coefficient (Wildman–Crippen LogP) is 2.23. The number of methoxy groups -OCH3 is 1. The molecule has 0 aliphatic carbocycles. The van der Waals surface area contributed by atoms with Gasteiger partial charge in [0.1, 0.15) is 5.75 Å². The zero-order valence-electron chi connectivity index (χ0n) is 18.0. The number of ether oxygens (including phenoxy) is 1. The lowest BCUT2D eigenvalue weighted by atomic mass is 10.0. The van der Waals surface area contributed by atoms with Gasteiger partial charge in [0.15, 0.2) is 5.96 Å². The lowest BCUT2D eigenvalue weighted by molar-refractivity contribution is -0.134. The molecule has 1 aromatic carbocycles. The van der Waals surface area contributed by atoms with E-state index in [4.69, 9.17) is 4.74 Å². The van der Waals surface area contributed by atoms with Gasteiger partial charge >= 0.3 is 0 Å². The number of para-hydroxylation sites is 2. The van der Waals surface area contributed by atoms with Crippen LogP contribution in [0.1, 0.15) is 39.0 Å². The van der Waals surface area contributed by atoms with E-state index in [1.807, 2.05) is 23.1 Å². The lowest BCUT2D eigenvalue weighted by Crippen LogP contribution is -2.46. The number of carbonyl (C=O) groups is 1. The number of benzene rings is 1. The fraction of sp³-hybridized carbons (Fsp3) is 0.636. The van der Waals surface area contributed by atoms with Crippen LogP contribution in [0.4, 0.5) is 5.69 Å². The fourth-order valence-electron chi connectivity index (χ4n) is 4.28. The molecule has 2 saturated heterocycles. The molecule has 2 atom stereocenters. The standard InChI is InChI=1S/C22H35N5O2/c1-17-8-6-7-14-27(17)21(28)11-13-24-22(23-2)25-18-12-15-26(16-18)19-9-4-5-10-20(19)29-3/h4-5,9-10,17-18H,6-8,11-16H2,1-3H3,(H2,23,24,25). The summed E-state index contributed by atoms with van der Waals surface area (Å²) < 4.78 is 5.49. The first-order valence-electron chi connectivity index (χ1n) is 10.8. The molecule has 2 unspecified atom stereocenters. The van der Waals surface area contributed by atoms with Crippen molar-refractivity contribution in [2.75, 3.05) is 45.2 Å². The van der Waals surface area contributed by atoms with Crippen molar-refractivity contribution in [2.45, 2.75) is 51.1 Å². The maximum absolute atomic E-state index is 12.5. The van der Waals surface area contributed by atoms with Gasteiger partial charge < -0.3 is 25.2 Å². The van der Waals surface area contributed by atoms with Gasteiger partial charge in [-0.05, 0) is 44.7 Å². The third kappa shape index (κ3) is 5.55. The largest absolute Gasteiger partial charge is 0.495 e. The van der Waals surface area contributed by atoms with E-state index >= 15 is 0 Å². The molecule has 0 aromatic heterocycles. The molecule has 2 aliphatic heterocycles. The molecule has 0 saturated carbocycles. The number of piperidine rings is 1. The average Bonchev–Trinajstić information content (AvgIpc) is 3.21. The molecule has 7 heteroatoms. The van der Waals surface area contributed by atoms with Crippen molar-refractivity contribution in [1.29, 1.82) is 0 Å². The fourth-order valence-corrected chi connectivity index (χ4v) is 4.28. The number of anilines is 1. The molecule has 2 aliphatic rings. The van der Waals surface area contributed by atoms with E-state index in [0.717, 1.165) is 56.3 Å². The first-order chi connectivity index (χ1) is 14.1. The van der Waals surface area contributed by atoms with Crippen molar-refractivity contribution in [1.82, 2.24) is 15.5 Å². The van der Waals surface area contributed by atoms with Crippen molar-refractivity contribution in [3.8, 4) is 5.75 Å². The zero-order chi connectivity index (χ0) is 20.6. The van der Waals surface area contributed by atoms with Crippen LogP contribution in [0.3, 0.4) is 0 Å². The second kappa shape index (κ2) is 10.4. The highest BCUT2D eigenvalue weighted by atomic mass is 16.5. The summed E-state index contributed by atoms with van der Waals surface area (Å²) in [4.78, 5) is 21.2. The Balaban J connectivity index is 1.44. The third-order valence-corrected chi connectivity index (χ3v) is 5.93. The number of nitrogens with one attached hydrogen (secondary N) is 2. The molecule has 3 rings (SSSR count). The highest BCUT2D eigenvalue weighted by Crippen LogP contribution is 2.30. The highest BCUT2D eigenvalue weighted by molar-refractivity contribution is 5.81. The minimum atomic E-state index is 0.239. The van der Waals surface area contributed by atoms with E-state index < -0.39 is 0 Å². The van der Waals surface area contributed by atoms with E-state index in [9.17, 15) is 4.79 Å². The number of hydrogen-bond acceptors (Lipinski definition) is 4. The van der Waals surface area contributed by atoms with Crippen molar-refractivity contribution in [3.63, 3.8) is 0 Å². The molecule has 2 heterocycles. The number of guanidine groups is 1. The van der Waals surface area contributed by atoms with Gasteiger partial charge in [-0.1, -0.05) is 12.1 Å². The van der Waals surface area contributed by atoms with Gasteiger partial charge in [-0.3, -0.25) is 9.79 Å². The van der Waals surface area contributed by atoms with Gasteiger partial charge in [0.25, 0.3) is 0 Å². The van der Waals surface area contributed by atoms with Crippen LogP contribution in [0, 0.1) is 0 Å². The lowest BCUT2D eigenvalue weighted by Gasteiger charge is -2.33. The molecule has 7 nitrogen and oxygen atoms in total. The maximum atomic E-state index is 12.5. The zero-order valence-corrected chi connectivity index (χ0v) is 18.0. The van der Waals surface area contributed by atoms with E-state index in [2.05, 4.69) is 33.5 Å². The van der Waals surface area contributed by atoms with E-state index in [1.165, 1.54) is 6.42 Å². The Bertz CT molecular complexity index is 708. The number of hydrogen-bond donors (Lipinski definition) is 2. The second-order valence-corrected chi connectivity index (χ2v) is 7.93. The normalized spacial score (nSPS) is 22.5. The maximum Gasteiger partial charge on any atom is 0.224 e. The molecule has 1 amide bonds. The number of likely N-dealkylation sites (tertiary alicyclic amines) is 1. The van der Waals surface area contributed by atoms with Crippen LogP contribution in [-0.2, 0) is 4.79 Å². The summed E-state index contributed by atoms with van der Waals surface area (Å²) in [5, 5.41) is 6.80. The topological polar surface area (TPSA) is 69.2 Å². The molecule has 160 valence electrons. The van der Waals surface area contributed by atoms with Gasteiger partial charge in [-0.15, -0.1) is 0 Å². The molecule has 2 fully saturated rings. The summed E-state index contributed by atoms with van der Waals surface area (Å²) in [6, 6.07) is 8.81. The van der Waals surface area contributed by atoms with Crippen LogP contribution in [0.15, 0.2) is 29.3 Å². The van der Waals surface area contributed by atoms with Crippen LogP contribution < -0.4 is 20.3 Å². The Kier molecular flexibility index (Phi) is 7.61. The van der Waals surface area contributed by atoms with E-state index in [0.29, 0.717) is 25.0 Å². The summed E-state index contributed by atoms with van der Waals surface area (Å²) in [5.41, 5.74) is 1.13. The second-order valence-electron chi connectivity index (χ2n) is 7.93. The smallest absolute Gasteiger partial charge is 0.224 e. The van der Waals surface area contributed by atoms with E-state index in [1.54, 1.807) is 14.2 Å². The van der Waals surface area contributed by atoms with Crippen LogP contribution in [-0.4, -0.2) is 69.2 Å². The Morgan fingerprint density at radius 2 is 2.07 bits per heavy atom. The molecule has 0 bridgehead atoms. The number of amides is 1. The van der Waals surface area contributed by atoms with Crippen molar-refractivity contribution >= 4 is 17.6 Å². The predicted molar refractivity (Wildman–Crippen MR) is 118 cm³/mol. The molecule has 2 N–H and O–H groups in total. The Morgan fingerprint density at radius 1 is 1.24 bits per heavy atom. The Hall–Kier alpha value is -2.44. The van der Waals surface area contributed by atoms with Crippen molar-refractivity contribution in [3.05, 3.63) is 24.3 Å². The number of rotatable bonds is 6. The van der Waals surface area contributed by atoms with Crippen LogP contribution in [0.5, 0.6) is 5.75 Å². The molecule has 1 aromatic rings. The molecule has 0 spiro atoms. The van der Waals surface area contributed by atoms with Crippen molar-refractivity contribution in [2.24, 2.45) is 4.99 Å². The molecular formula is C22H35N5O2. The highest BCUT2D eigenvalue weighted by Gasteiger charge is 2.26. The Labute approximate surface area is 174 Å². The van der Waals surface area contributed by atoms with Crippen molar-refractivity contribution < 1.29 is 9.53 Å². The first-order valence-corrected chi connectivity index (χ1v) is 10.8. The SMILES string of the molecule is CN=C(NCCC(=O)N1CCCCC1C)NC1CCN(c2ccccc2OC)C1. The molecule has 29 heavy (non-hydrogen) atoms. The summed E-state index contributed by atoms with van der Waals surface area (Å²) in [7, 11) is 3.49. The van der Waals surface area contributed by atoms with E-state index in [-0.39, 0.29) is 5.91 Å². The minimum absolute atomic E-state index is 0.239. The summed E-state index contributed by atoms with van der Waals surface area (Å²) in [5.74, 6) is 1.90. The average molecular weight is 402 g/mol. The van der Waals surface area contributed by atoms with Crippen LogP contribution >= 0.6 is 0 Å². The minimum Gasteiger partial charge on any atom is -0.495 e. The van der Waals surface area contributed by atoms with Gasteiger partial charge in [-0.25, -0.2) is 0 Å². The molecular weight excluding hydrogens is 366 g/mol. The van der Waals surface area contributed by atoms with Gasteiger partial charge in [0, 0.05) is 51.7 Å². The van der Waals surface area contributed by atoms with Gasteiger partial charge in [0.2, 0.25) is 5.91 Å². The summed E-state index contributed by atoms with van der Waals surface area (Å²) in [6.07, 6.45) is 5.00. The number of nitrogens with zero attached hydrogens (tertiary/aromatic N) is 3. The monoisotopic (exact) mass is 401 g/mol. The molecule has 0 radical (unpaired) electrons. The van der Waals surface area contributed by atoms with Crippen LogP contribution in [0.2, 0.25) is 0 Å².